The third kappa shape index (κ3) is 4.44. The van der Waals surface area contributed by atoms with E-state index in [1.165, 1.54) is 24.3 Å². The second-order valence-electron chi connectivity index (χ2n) is 4.32. The molecule has 0 aliphatic rings. The normalized spacial score (nSPS) is 10.7. The molecule has 2 aromatic carbocycles. The molecule has 21 heavy (non-hydrogen) atoms. The van der Waals surface area contributed by atoms with Gasteiger partial charge in [-0.05, 0) is 48.9 Å². The van der Waals surface area contributed by atoms with Crippen molar-refractivity contribution in [3.63, 3.8) is 0 Å². The van der Waals surface area contributed by atoms with E-state index in [-0.39, 0.29) is 5.91 Å². The fourth-order valence-electron chi connectivity index (χ4n) is 1.71. The third-order valence-electron chi connectivity index (χ3n) is 2.79. The van der Waals surface area contributed by atoms with Crippen LogP contribution in [-0.4, -0.2) is 11.7 Å². The van der Waals surface area contributed by atoms with Crippen LogP contribution in [0.5, 0.6) is 0 Å². The average Bonchev–Trinajstić information content (AvgIpc) is 2.43. The molecule has 0 spiro atoms. The van der Waals surface area contributed by atoms with Crippen molar-refractivity contribution in [3.8, 4) is 0 Å². The van der Waals surface area contributed by atoms with Crippen molar-refractivity contribution < 1.29 is 13.6 Å². The Labute approximate surface area is 130 Å². The van der Waals surface area contributed by atoms with Crippen LogP contribution in [0.25, 0.3) is 0 Å². The molecule has 0 saturated carbocycles. The molecule has 0 aromatic heterocycles. The lowest BCUT2D eigenvalue weighted by Gasteiger charge is -2.09. The van der Waals surface area contributed by atoms with Crippen molar-refractivity contribution in [1.29, 1.82) is 0 Å². The van der Waals surface area contributed by atoms with E-state index < -0.39 is 5.76 Å². The highest BCUT2D eigenvalue weighted by Crippen LogP contribution is 2.25. The van der Waals surface area contributed by atoms with E-state index in [1.54, 1.807) is 18.2 Å². The average molecular weight is 328 g/mol. The first kappa shape index (κ1) is 15.8. The molecule has 2 aromatic rings. The van der Waals surface area contributed by atoms with Gasteiger partial charge in [-0.25, -0.2) is 0 Å². The molecule has 0 unspecified atom stereocenters. The second-order valence-corrected chi connectivity index (χ2v) is 5.82. The van der Waals surface area contributed by atoms with Crippen LogP contribution in [0.1, 0.15) is 15.9 Å². The summed E-state index contributed by atoms with van der Waals surface area (Å²) in [5.41, 5.74) is 1.91. The van der Waals surface area contributed by atoms with Gasteiger partial charge in [0.15, 0.2) is 0 Å². The first-order valence-corrected chi connectivity index (χ1v) is 7.34. The van der Waals surface area contributed by atoms with Crippen molar-refractivity contribution in [1.82, 2.24) is 0 Å². The molecule has 0 fully saturated rings. The van der Waals surface area contributed by atoms with Gasteiger partial charge in [-0.1, -0.05) is 29.4 Å². The van der Waals surface area contributed by atoms with Crippen molar-refractivity contribution in [2.45, 2.75) is 17.6 Å². The Morgan fingerprint density at radius 2 is 1.86 bits per heavy atom. The second kappa shape index (κ2) is 6.91. The molecule has 0 heterocycles. The number of carbonyl (C=O) groups is 1. The Hall–Kier alpha value is -1.59. The number of carbonyl (C=O) groups excluding carboxylic acids is 1. The molecule has 0 aliphatic carbocycles. The van der Waals surface area contributed by atoms with Crippen molar-refractivity contribution >= 4 is 35.0 Å². The van der Waals surface area contributed by atoms with Gasteiger partial charge in [0.2, 0.25) is 0 Å². The molecule has 110 valence electrons. The zero-order valence-corrected chi connectivity index (χ0v) is 12.6. The molecule has 0 aliphatic heterocycles. The highest BCUT2D eigenvalue weighted by molar-refractivity contribution is 7.99. The van der Waals surface area contributed by atoms with Crippen LogP contribution in [0.2, 0.25) is 5.02 Å². The van der Waals surface area contributed by atoms with Crippen LogP contribution in [0.3, 0.4) is 0 Å². The van der Waals surface area contributed by atoms with Gasteiger partial charge in [0.25, 0.3) is 11.7 Å². The van der Waals surface area contributed by atoms with Crippen LogP contribution in [0.15, 0.2) is 47.4 Å². The van der Waals surface area contributed by atoms with Gasteiger partial charge >= 0.3 is 0 Å². The lowest BCUT2D eigenvalue weighted by molar-refractivity contribution is 0.102. The van der Waals surface area contributed by atoms with E-state index in [9.17, 15) is 13.6 Å². The van der Waals surface area contributed by atoms with Gasteiger partial charge < -0.3 is 5.32 Å². The summed E-state index contributed by atoms with van der Waals surface area (Å²) in [6, 6.07) is 11.2. The predicted octanol–water partition coefficient (Wildman–Crippen LogP) is 5.22. The van der Waals surface area contributed by atoms with Crippen LogP contribution < -0.4 is 5.32 Å². The molecule has 1 N–H and O–H groups in total. The van der Waals surface area contributed by atoms with Crippen LogP contribution in [0.4, 0.5) is 14.5 Å². The molecule has 1 amide bonds. The summed E-state index contributed by atoms with van der Waals surface area (Å²) in [5.74, 6) is -2.78. The van der Waals surface area contributed by atoms with Crippen LogP contribution in [0, 0.1) is 6.92 Å². The summed E-state index contributed by atoms with van der Waals surface area (Å²) in [5, 5.41) is 3.28. The molecule has 2 nitrogen and oxygen atoms in total. The number of thioether (sulfide) groups is 1. The monoisotopic (exact) mass is 327 g/mol. The van der Waals surface area contributed by atoms with E-state index >= 15 is 0 Å². The lowest BCUT2D eigenvalue weighted by atomic mass is 10.1. The highest BCUT2D eigenvalue weighted by Gasteiger charge is 2.10. The maximum atomic E-state index is 12.2. The number of benzene rings is 2. The van der Waals surface area contributed by atoms with Crippen molar-refractivity contribution in [3.05, 3.63) is 58.6 Å². The summed E-state index contributed by atoms with van der Waals surface area (Å²) >= 11 is 6.34. The summed E-state index contributed by atoms with van der Waals surface area (Å²) in [6.07, 6.45) is 0. The number of nitrogens with one attached hydrogen (secondary N) is 1. The summed E-state index contributed by atoms with van der Waals surface area (Å²) < 4.78 is 24.4. The Balaban J connectivity index is 2.11. The Kier molecular flexibility index (Phi) is 5.20. The van der Waals surface area contributed by atoms with Gasteiger partial charge in [0.1, 0.15) is 0 Å². The molecule has 0 bridgehead atoms. The highest BCUT2D eigenvalue weighted by atomic mass is 35.5. The molecular formula is C15H12ClF2NOS. The number of aryl methyl sites for hydroxylation is 1. The summed E-state index contributed by atoms with van der Waals surface area (Å²) in [7, 11) is 0. The Bertz CT molecular complexity index is 647. The molecule has 0 saturated heterocycles. The van der Waals surface area contributed by atoms with Crippen LogP contribution >= 0.6 is 23.4 Å². The summed E-state index contributed by atoms with van der Waals surface area (Å²) in [6.45, 7) is 1.86. The minimum absolute atomic E-state index is 0.311. The Morgan fingerprint density at radius 3 is 2.48 bits per heavy atom. The number of alkyl halides is 2. The van der Waals surface area contributed by atoms with Gasteiger partial charge in [0.05, 0.1) is 0 Å². The maximum Gasteiger partial charge on any atom is 0.288 e. The molecule has 0 radical (unpaired) electrons. The first-order chi connectivity index (χ1) is 9.95. The zero-order valence-electron chi connectivity index (χ0n) is 11.1. The Morgan fingerprint density at radius 1 is 1.19 bits per heavy atom. The van der Waals surface area contributed by atoms with E-state index in [4.69, 9.17) is 11.6 Å². The van der Waals surface area contributed by atoms with Crippen LogP contribution in [-0.2, 0) is 0 Å². The topological polar surface area (TPSA) is 29.1 Å². The smallest absolute Gasteiger partial charge is 0.288 e. The lowest BCUT2D eigenvalue weighted by Crippen LogP contribution is -2.12. The number of amides is 1. The van der Waals surface area contributed by atoms with Gasteiger partial charge in [-0.2, -0.15) is 8.78 Å². The molecular weight excluding hydrogens is 316 g/mol. The van der Waals surface area contributed by atoms with Crippen molar-refractivity contribution in [2.75, 3.05) is 5.32 Å². The predicted molar refractivity (Wildman–Crippen MR) is 82.4 cm³/mol. The third-order valence-corrected chi connectivity index (χ3v) is 3.75. The van der Waals surface area contributed by atoms with Gasteiger partial charge in [0, 0.05) is 21.2 Å². The van der Waals surface area contributed by atoms with Gasteiger partial charge in [-0.3, -0.25) is 4.79 Å². The van der Waals surface area contributed by atoms with E-state index in [2.05, 4.69) is 5.32 Å². The maximum absolute atomic E-state index is 12.2. The minimum Gasteiger partial charge on any atom is -0.322 e. The first-order valence-electron chi connectivity index (χ1n) is 6.08. The SMILES string of the molecule is Cc1ccc(Cl)cc1NC(=O)c1ccc(SC(F)F)cc1. The number of anilines is 1. The number of rotatable bonds is 4. The number of hydrogen-bond donors (Lipinski definition) is 1. The molecule has 6 heteroatoms. The quantitative estimate of drug-likeness (QED) is 0.780. The van der Waals surface area contributed by atoms with Crippen molar-refractivity contribution in [2.24, 2.45) is 0 Å². The fourth-order valence-corrected chi connectivity index (χ4v) is 2.38. The minimum atomic E-state index is -2.47. The molecule has 0 atom stereocenters. The number of halogens is 3. The number of hydrogen-bond acceptors (Lipinski definition) is 2. The standard InChI is InChI=1S/C15H12ClF2NOS/c1-9-2-5-11(16)8-13(9)19-14(20)10-3-6-12(7-4-10)21-15(17)18/h2-8,15H,1H3,(H,19,20). The van der Waals surface area contributed by atoms with E-state index in [0.29, 0.717) is 32.9 Å². The fraction of sp³-hybridized carbons (Fsp3) is 0.133. The molecule has 2 rings (SSSR count). The summed E-state index contributed by atoms with van der Waals surface area (Å²) in [4.78, 5) is 12.5. The zero-order chi connectivity index (χ0) is 15.4. The van der Waals surface area contributed by atoms with Gasteiger partial charge in [-0.15, -0.1) is 0 Å². The van der Waals surface area contributed by atoms with E-state index in [0.717, 1.165) is 5.56 Å². The largest absolute Gasteiger partial charge is 0.322 e. The van der Waals surface area contributed by atoms with E-state index in [1.807, 2.05) is 6.92 Å².